The summed E-state index contributed by atoms with van der Waals surface area (Å²) in [5.74, 6) is 1.39. The summed E-state index contributed by atoms with van der Waals surface area (Å²) in [7, 11) is 0. The van der Waals surface area contributed by atoms with Crippen molar-refractivity contribution in [2.24, 2.45) is 0 Å². The van der Waals surface area contributed by atoms with Crippen molar-refractivity contribution in [3.63, 3.8) is 0 Å². The molecular weight excluding hydrogens is 316 g/mol. The Hall–Kier alpha value is -3.19. The molecule has 0 aliphatic heterocycles. The van der Waals surface area contributed by atoms with Gasteiger partial charge in [0.05, 0.1) is 12.6 Å². The van der Waals surface area contributed by atoms with Gasteiger partial charge in [0.15, 0.2) is 0 Å². The zero-order valence-electron chi connectivity index (χ0n) is 13.5. The van der Waals surface area contributed by atoms with Gasteiger partial charge in [0.25, 0.3) is 0 Å². The van der Waals surface area contributed by atoms with E-state index in [9.17, 15) is 5.11 Å². The molecule has 1 aromatic carbocycles. The topological polar surface area (TPSA) is 91.7 Å². The molecule has 0 bridgehead atoms. The molecule has 7 heteroatoms. The number of anilines is 1. The van der Waals surface area contributed by atoms with E-state index < -0.39 is 0 Å². The summed E-state index contributed by atoms with van der Waals surface area (Å²) in [6.45, 7) is 0.00389. The van der Waals surface area contributed by atoms with Crippen LogP contribution in [0.15, 0.2) is 61.6 Å². The van der Waals surface area contributed by atoms with Crippen molar-refractivity contribution in [3.8, 4) is 5.82 Å². The molecule has 25 heavy (non-hydrogen) atoms. The van der Waals surface area contributed by atoms with Gasteiger partial charge in [-0.15, -0.1) is 0 Å². The lowest BCUT2D eigenvalue weighted by Gasteiger charge is -2.17. The maximum Gasteiger partial charge on any atom is 0.143 e. The van der Waals surface area contributed by atoms with Gasteiger partial charge in [-0.1, -0.05) is 18.2 Å². The molecule has 126 valence electrons. The molecule has 4 aromatic rings. The Morgan fingerprint density at radius 1 is 1.24 bits per heavy atom. The number of hydrogen-bond donors (Lipinski definition) is 3. The largest absolute Gasteiger partial charge is 0.394 e. The number of aliphatic hydroxyl groups excluding tert-OH is 1. The van der Waals surface area contributed by atoms with Crippen molar-refractivity contribution >= 4 is 16.7 Å². The number of benzene rings is 1. The molecule has 3 aromatic heterocycles. The maximum atomic E-state index is 9.78. The highest BCUT2D eigenvalue weighted by molar-refractivity contribution is 5.83. The number of hydrogen-bond acceptors (Lipinski definition) is 5. The van der Waals surface area contributed by atoms with Gasteiger partial charge in [-0.05, 0) is 18.1 Å². The Balaban J connectivity index is 1.53. The fourth-order valence-electron chi connectivity index (χ4n) is 2.90. The highest BCUT2D eigenvalue weighted by Crippen LogP contribution is 2.20. The van der Waals surface area contributed by atoms with Crippen LogP contribution in [-0.4, -0.2) is 42.3 Å². The SMILES string of the molecule is OC[C@@H](Cc1c[nH]c2ccccc12)Nc1cc(-n2ccnc2)ncn1. The summed E-state index contributed by atoms with van der Waals surface area (Å²) in [5, 5.41) is 14.2. The number of imidazole rings is 1. The number of para-hydroxylation sites is 1. The van der Waals surface area contributed by atoms with Crippen LogP contribution in [-0.2, 0) is 6.42 Å². The third-order valence-electron chi connectivity index (χ3n) is 4.14. The molecule has 3 heterocycles. The quantitative estimate of drug-likeness (QED) is 0.502. The first-order valence-corrected chi connectivity index (χ1v) is 8.06. The van der Waals surface area contributed by atoms with E-state index >= 15 is 0 Å². The number of aromatic nitrogens is 5. The highest BCUT2D eigenvalue weighted by atomic mass is 16.3. The van der Waals surface area contributed by atoms with Crippen LogP contribution in [0.3, 0.4) is 0 Å². The first kappa shape index (κ1) is 15.3. The Kier molecular flexibility index (Phi) is 4.14. The van der Waals surface area contributed by atoms with Crippen LogP contribution in [0.5, 0.6) is 0 Å². The highest BCUT2D eigenvalue weighted by Gasteiger charge is 2.13. The number of H-pyrrole nitrogens is 1. The molecule has 7 nitrogen and oxygen atoms in total. The van der Waals surface area contributed by atoms with Gasteiger partial charge in [0, 0.05) is 35.6 Å². The fraction of sp³-hybridized carbons (Fsp3) is 0.167. The fourth-order valence-corrected chi connectivity index (χ4v) is 2.90. The van der Waals surface area contributed by atoms with E-state index in [-0.39, 0.29) is 12.6 Å². The molecule has 0 aliphatic carbocycles. The smallest absolute Gasteiger partial charge is 0.143 e. The van der Waals surface area contributed by atoms with E-state index in [1.807, 2.05) is 36.7 Å². The van der Waals surface area contributed by atoms with E-state index in [1.165, 1.54) is 11.7 Å². The summed E-state index contributed by atoms with van der Waals surface area (Å²) >= 11 is 0. The third-order valence-corrected chi connectivity index (χ3v) is 4.14. The van der Waals surface area contributed by atoms with Gasteiger partial charge < -0.3 is 15.4 Å². The number of aromatic amines is 1. The average Bonchev–Trinajstić information content (AvgIpc) is 3.32. The van der Waals surface area contributed by atoms with E-state index in [0.29, 0.717) is 12.2 Å². The van der Waals surface area contributed by atoms with Gasteiger partial charge >= 0.3 is 0 Å². The van der Waals surface area contributed by atoms with Crippen molar-refractivity contribution in [1.29, 1.82) is 0 Å². The summed E-state index contributed by atoms with van der Waals surface area (Å²) in [6.07, 6.45) is 9.38. The molecule has 0 saturated heterocycles. The number of nitrogens with one attached hydrogen (secondary N) is 2. The predicted molar refractivity (Wildman–Crippen MR) is 95.7 cm³/mol. The third kappa shape index (κ3) is 3.22. The second kappa shape index (κ2) is 6.74. The molecule has 0 fully saturated rings. The van der Waals surface area contributed by atoms with E-state index in [4.69, 9.17) is 0 Å². The van der Waals surface area contributed by atoms with Crippen molar-refractivity contribution in [3.05, 3.63) is 67.1 Å². The molecule has 0 saturated carbocycles. The molecule has 3 N–H and O–H groups in total. The standard InChI is InChI=1S/C18H18N6O/c25-10-14(7-13-9-20-16-4-2-1-3-15(13)16)23-17-8-18(22-11-21-17)24-6-5-19-12-24/h1-6,8-9,11-12,14,20,25H,7,10H2,(H,21,22,23)/t14-/m1/s1. The molecule has 0 unspecified atom stereocenters. The van der Waals surface area contributed by atoms with Crippen LogP contribution in [0.4, 0.5) is 5.82 Å². The zero-order chi connectivity index (χ0) is 17.1. The molecule has 0 spiro atoms. The van der Waals surface area contributed by atoms with Crippen LogP contribution in [0.1, 0.15) is 5.56 Å². The number of fused-ring (bicyclic) bond motifs is 1. The van der Waals surface area contributed by atoms with Crippen molar-refractivity contribution in [2.75, 3.05) is 11.9 Å². The van der Waals surface area contributed by atoms with Gasteiger partial charge in [-0.3, -0.25) is 4.57 Å². The lowest BCUT2D eigenvalue weighted by atomic mass is 10.1. The van der Waals surface area contributed by atoms with Crippen LogP contribution in [0.25, 0.3) is 16.7 Å². The van der Waals surface area contributed by atoms with Crippen LogP contribution < -0.4 is 5.32 Å². The molecule has 1 atom stereocenters. The normalized spacial score (nSPS) is 12.4. The summed E-state index contributed by atoms with van der Waals surface area (Å²) in [5.41, 5.74) is 2.25. The zero-order valence-corrected chi connectivity index (χ0v) is 13.5. The second-order valence-corrected chi connectivity index (χ2v) is 5.82. The second-order valence-electron chi connectivity index (χ2n) is 5.82. The maximum absolute atomic E-state index is 9.78. The van der Waals surface area contributed by atoms with Crippen molar-refractivity contribution in [2.45, 2.75) is 12.5 Å². The van der Waals surface area contributed by atoms with Crippen LogP contribution >= 0.6 is 0 Å². The minimum atomic E-state index is -0.148. The Morgan fingerprint density at radius 2 is 2.16 bits per heavy atom. The van der Waals surface area contributed by atoms with Crippen molar-refractivity contribution < 1.29 is 5.11 Å². The Bertz CT molecular complexity index is 963. The van der Waals surface area contributed by atoms with Crippen LogP contribution in [0, 0.1) is 0 Å². The predicted octanol–water partition coefficient (Wildman–Crippen LogP) is 2.16. The number of rotatable bonds is 6. The molecule has 4 rings (SSSR count). The molecule has 0 amide bonds. The summed E-state index contributed by atoms with van der Waals surface area (Å²) < 4.78 is 1.81. The van der Waals surface area contributed by atoms with Gasteiger partial charge in [-0.2, -0.15) is 0 Å². The molecular formula is C18H18N6O. The van der Waals surface area contributed by atoms with Crippen LogP contribution in [0.2, 0.25) is 0 Å². The lowest BCUT2D eigenvalue weighted by Crippen LogP contribution is -2.27. The summed E-state index contributed by atoms with van der Waals surface area (Å²) in [4.78, 5) is 15.8. The van der Waals surface area contributed by atoms with Crippen molar-refractivity contribution in [1.82, 2.24) is 24.5 Å². The first-order valence-electron chi connectivity index (χ1n) is 8.06. The number of aliphatic hydroxyl groups is 1. The Labute approximate surface area is 144 Å². The number of nitrogens with zero attached hydrogens (tertiary/aromatic N) is 4. The van der Waals surface area contributed by atoms with Gasteiger partial charge in [0.2, 0.25) is 0 Å². The lowest BCUT2D eigenvalue weighted by molar-refractivity contribution is 0.273. The van der Waals surface area contributed by atoms with E-state index in [2.05, 4.69) is 31.3 Å². The van der Waals surface area contributed by atoms with Gasteiger partial charge in [-0.25, -0.2) is 15.0 Å². The summed E-state index contributed by atoms with van der Waals surface area (Å²) in [6, 6.07) is 9.83. The average molecular weight is 334 g/mol. The molecule has 0 radical (unpaired) electrons. The van der Waals surface area contributed by atoms with E-state index in [0.717, 1.165) is 16.9 Å². The van der Waals surface area contributed by atoms with E-state index in [1.54, 1.807) is 17.1 Å². The minimum Gasteiger partial charge on any atom is -0.394 e. The first-order chi connectivity index (χ1) is 12.3. The monoisotopic (exact) mass is 334 g/mol. The van der Waals surface area contributed by atoms with Gasteiger partial charge in [0.1, 0.15) is 24.3 Å². The minimum absolute atomic E-state index is 0.00389. The molecule has 0 aliphatic rings. The Morgan fingerprint density at radius 3 is 3.00 bits per heavy atom.